The Morgan fingerprint density at radius 3 is 2.58 bits per heavy atom. The third-order valence-corrected chi connectivity index (χ3v) is 6.62. The smallest absolute Gasteiger partial charge is 0.283 e. The Hall–Kier alpha value is -4.82. The Kier molecular flexibility index (Phi) is 6.02. The Labute approximate surface area is 209 Å². The number of nitriles is 1. The number of rotatable bonds is 6. The van der Waals surface area contributed by atoms with Crippen LogP contribution in [0.1, 0.15) is 24.4 Å². The molecule has 0 spiro atoms. The SMILES string of the molecule is C[C@H](Nc1ncnc(N)c1C#N)c1nn2ccc(Sc3ccccc3O)c2c(=O)n1-c1ccccc1. The zero-order valence-corrected chi connectivity index (χ0v) is 19.8. The van der Waals surface area contributed by atoms with Crippen molar-refractivity contribution in [1.82, 2.24) is 24.1 Å². The fraction of sp³-hybridized carbons (Fsp3) is 0.0800. The Morgan fingerprint density at radius 2 is 1.83 bits per heavy atom. The van der Waals surface area contributed by atoms with E-state index in [2.05, 4.69) is 15.3 Å². The number of aromatic hydroxyl groups is 1. The summed E-state index contributed by atoms with van der Waals surface area (Å²) in [4.78, 5) is 23.2. The summed E-state index contributed by atoms with van der Waals surface area (Å²) in [5.41, 5.74) is 6.66. The van der Waals surface area contributed by atoms with Gasteiger partial charge in [0.2, 0.25) is 0 Å². The first kappa shape index (κ1) is 22.9. The third kappa shape index (κ3) is 4.10. The summed E-state index contributed by atoms with van der Waals surface area (Å²) in [6.07, 6.45) is 2.97. The van der Waals surface area contributed by atoms with Crippen molar-refractivity contribution < 1.29 is 5.11 Å². The normalized spacial score (nSPS) is 11.8. The van der Waals surface area contributed by atoms with Gasteiger partial charge in [0.25, 0.3) is 5.56 Å². The van der Waals surface area contributed by atoms with Gasteiger partial charge >= 0.3 is 0 Å². The number of phenols is 1. The van der Waals surface area contributed by atoms with E-state index in [4.69, 9.17) is 10.8 Å². The second-order valence-corrected chi connectivity index (χ2v) is 8.92. The lowest BCUT2D eigenvalue weighted by atomic mass is 10.2. The molecule has 0 aliphatic carbocycles. The second-order valence-electron chi connectivity index (χ2n) is 7.84. The predicted molar refractivity (Wildman–Crippen MR) is 136 cm³/mol. The summed E-state index contributed by atoms with van der Waals surface area (Å²) in [5.74, 6) is 0.830. The molecule has 178 valence electrons. The number of fused-ring (bicyclic) bond motifs is 1. The molecule has 36 heavy (non-hydrogen) atoms. The van der Waals surface area contributed by atoms with Crippen molar-refractivity contribution in [3.63, 3.8) is 0 Å². The van der Waals surface area contributed by atoms with Crippen molar-refractivity contribution in [2.45, 2.75) is 22.8 Å². The van der Waals surface area contributed by atoms with Gasteiger partial charge in [-0.1, -0.05) is 42.1 Å². The summed E-state index contributed by atoms with van der Waals surface area (Å²) in [5, 5.41) is 27.6. The summed E-state index contributed by atoms with van der Waals surface area (Å²) in [6, 6.07) is 19.4. The van der Waals surface area contributed by atoms with Crippen molar-refractivity contribution in [2.24, 2.45) is 0 Å². The van der Waals surface area contributed by atoms with Crippen LogP contribution in [0, 0.1) is 11.3 Å². The number of hydrogen-bond donors (Lipinski definition) is 3. The number of nitrogens with one attached hydrogen (secondary N) is 1. The van der Waals surface area contributed by atoms with Crippen LogP contribution in [0.4, 0.5) is 11.6 Å². The molecule has 3 heterocycles. The molecule has 0 fully saturated rings. The first-order valence-corrected chi connectivity index (χ1v) is 11.7. The summed E-state index contributed by atoms with van der Waals surface area (Å²) < 4.78 is 3.05. The predicted octanol–water partition coefficient (Wildman–Crippen LogP) is 3.76. The molecule has 2 aromatic carbocycles. The first-order valence-electron chi connectivity index (χ1n) is 10.9. The van der Waals surface area contributed by atoms with E-state index in [1.54, 1.807) is 30.5 Å². The number of nitrogens with two attached hydrogens (primary N) is 1. The van der Waals surface area contributed by atoms with Gasteiger partial charge in [0.1, 0.15) is 40.9 Å². The number of para-hydroxylation sites is 2. The quantitative estimate of drug-likeness (QED) is 0.320. The number of anilines is 2. The lowest BCUT2D eigenvalue weighted by Crippen LogP contribution is -2.29. The number of phenolic OH excluding ortho intramolecular Hbond substituents is 1. The molecule has 10 nitrogen and oxygen atoms in total. The van der Waals surface area contributed by atoms with Crippen LogP contribution in [0.25, 0.3) is 11.2 Å². The molecular formula is C25H20N8O2S. The van der Waals surface area contributed by atoms with E-state index in [1.165, 1.54) is 27.2 Å². The maximum absolute atomic E-state index is 13.9. The van der Waals surface area contributed by atoms with Gasteiger partial charge in [0.15, 0.2) is 5.82 Å². The molecule has 0 saturated carbocycles. The highest BCUT2D eigenvalue weighted by Crippen LogP contribution is 2.36. The fourth-order valence-corrected chi connectivity index (χ4v) is 4.76. The number of nitrogen functional groups attached to an aromatic ring is 1. The zero-order valence-electron chi connectivity index (χ0n) is 19.0. The minimum Gasteiger partial charge on any atom is -0.507 e. The third-order valence-electron chi connectivity index (χ3n) is 5.50. The lowest BCUT2D eigenvalue weighted by Gasteiger charge is -2.20. The van der Waals surface area contributed by atoms with Crippen LogP contribution < -0.4 is 16.6 Å². The maximum atomic E-state index is 13.9. The molecule has 3 aromatic heterocycles. The maximum Gasteiger partial charge on any atom is 0.283 e. The van der Waals surface area contributed by atoms with Crippen molar-refractivity contribution in [3.05, 3.63) is 94.9 Å². The standard InChI is InChI=1S/C25H20N8O2S/c1-15(30-23-17(13-26)22(27)28-14-29-23)24-31-32-12-11-20(36-19-10-6-5-9-18(19)34)21(32)25(35)33(24)16-7-3-2-4-8-16/h2-12,14-15,34H,1H3,(H3,27,28,29,30)/t15-/m0/s1. The van der Waals surface area contributed by atoms with E-state index in [-0.39, 0.29) is 28.5 Å². The molecule has 4 N–H and O–H groups in total. The van der Waals surface area contributed by atoms with Crippen molar-refractivity contribution in [3.8, 4) is 17.5 Å². The lowest BCUT2D eigenvalue weighted by molar-refractivity contribution is 0.462. The van der Waals surface area contributed by atoms with Gasteiger partial charge in [-0.15, -0.1) is 0 Å². The van der Waals surface area contributed by atoms with Crippen LogP contribution >= 0.6 is 11.8 Å². The summed E-state index contributed by atoms with van der Waals surface area (Å²) in [6.45, 7) is 1.81. The minimum absolute atomic E-state index is 0.0577. The van der Waals surface area contributed by atoms with E-state index < -0.39 is 6.04 Å². The molecule has 0 aliphatic heterocycles. The molecule has 11 heteroatoms. The van der Waals surface area contributed by atoms with Gasteiger partial charge < -0.3 is 16.2 Å². The molecule has 0 amide bonds. The Balaban J connectivity index is 1.66. The van der Waals surface area contributed by atoms with Gasteiger partial charge in [0.05, 0.1) is 16.6 Å². The highest BCUT2D eigenvalue weighted by molar-refractivity contribution is 7.99. The Bertz CT molecular complexity index is 1670. The monoisotopic (exact) mass is 496 g/mol. The van der Waals surface area contributed by atoms with Gasteiger partial charge in [0, 0.05) is 11.1 Å². The van der Waals surface area contributed by atoms with Crippen LogP contribution in [-0.2, 0) is 0 Å². The van der Waals surface area contributed by atoms with E-state index in [0.29, 0.717) is 26.8 Å². The van der Waals surface area contributed by atoms with E-state index in [9.17, 15) is 15.2 Å². The number of aromatic nitrogens is 5. The first-order chi connectivity index (χ1) is 17.5. The van der Waals surface area contributed by atoms with Crippen LogP contribution in [0.5, 0.6) is 5.75 Å². The highest BCUT2D eigenvalue weighted by Gasteiger charge is 2.22. The van der Waals surface area contributed by atoms with Gasteiger partial charge in [-0.3, -0.25) is 9.36 Å². The average molecular weight is 497 g/mol. The van der Waals surface area contributed by atoms with Gasteiger partial charge in [-0.2, -0.15) is 10.4 Å². The summed E-state index contributed by atoms with van der Waals surface area (Å²) >= 11 is 1.29. The van der Waals surface area contributed by atoms with E-state index in [0.717, 1.165) is 0 Å². The largest absolute Gasteiger partial charge is 0.507 e. The van der Waals surface area contributed by atoms with Crippen molar-refractivity contribution >= 4 is 28.9 Å². The molecule has 0 saturated heterocycles. The summed E-state index contributed by atoms with van der Waals surface area (Å²) in [7, 11) is 0. The molecule has 0 unspecified atom stereocenters. The Morgan fingerprint density at radius 1 is 1.08 bits per heavy atom. The van der Waals surface area contributed by atoms with Crippen LogP contribution in [0.2, 0.25) is 0 Å². The molecule has 5 aromatic rings. The average Bonchev–Trinajstić information content (AvgIpc) is 3.29. The molecule has 0 bridgehead atoms. The molecular weight excluding hydrogens is 476 g/mol. The van der Waals surface area contributed by atoms with Gasteiger partial charge in [-0.05, 0) is 37.3 Å². The minimum atomic E-state index is -0.541. The van der Waals surface area contributed by atoms with E-state index >= 15 is 0 Å². The zero-order chi connectivity index (χ0) is 25.2. The number of nitrogens with zero attached hydrogens (tertiary/aromatic N) is 6. The number of hydrogen-bond acceptors (Lipinski definition) is 9. The molecule has 5 rings (SSSR count). The molecule has 1 atom stereocenters. The molecule has 0 radical (unpaired) electrons. The molecule has 0 aliphatic rings. The van der Waals surface area contributed by atoms with Crippen LogP contribution in [0.15, 0.2) is 87.8 Å². The topological polar surface area (TPSA) is 147 Å². The fourth-order valence-electron chi connectivity index (χ4n) is 3.80. The number of benzene rings is 2. The second kappa shape index (κ2) is 9.44. The van der Waals surface area contributed by atoms with Crippen LogP contribution in [-0.4, -0.2) is 29.3 Å². The van der Waals surface area contributed by atoms with Crippen LogP contribution in [0.3, 0.4) is 0 Å². The highest BCUT2D eigenvalue weighted by atomic mass is 32.2. The van der Waals surface area contributed by atoms with Gasteiger partial charge in [-0.25, -0.2) is 14.5 Å². The van der Waals surface area contributed by atoms with Crippen molar-refractivity contribution in [1.29, 1.82) is 5.26 Å². The van der Waals surface area contributed by atoms with Crippen molar-refractivity contribution in [2.75, 3.05) is 11.1 Å². The van der Waals surface area contributed by atoms with E-state index in [1.807, 2.05) is 49.4 Å².